The molecule has 0 atom stereocenters. The summed E-state index contributed by atoms with van der Waals surface area (Å²) >= 11 is 0. The summed E-state index contributed by atoms with van der Waals surface area (Å²) in [4.78, 5) is 4.80. The van der Waals surface area contributed by atoms with E-state index in [4.69, 9.17) is 9.72 Å². The second kappa shape index (κ2) is 7.03. The van der Waals surface area contributed by atoms with Crippen LogP contribution in [0.5, 0.6) is 5.75 Å². The highest BCUT2D eigenvalue weighted by molar-refractivity contribution is 5.76. The van der Waals surface area contributed by atoms with Crippen molar-refractivity contribution in [2.24, 2.45) is 10.2 Å². The average molecular weight is 356 g/mol. The Hall–Kier alpha value is -3.47. The molecule has 2 aromatic heterocycles. The third-order valence-corrected chi connectivity index (χ3v) is 4.47. The Morgan fingerprint density at radius 1 is 0.926 bits per heavy atom. The van der Waals surface area contributed by atoms with Gasteiger partial charge in [0.1, 0.15) is 17.1 Å². The monoisotopic (exact) mass is 356 g/mol. The molecular weight excluding hydrogens is 336 g/mol. The van der Waals surface area contributed by atoms with Gasteiger partial charge in [0.15, 0.2) is 5.82 Å². The van der Waals surface area contributed by atoms with Gasteiger partial charge in [-0.05, 0) is 55.8 Å². The molecule has 4 rings (SSSR count). The van der Waals surface area contributed by atoms with E-state index in [0.29, 0.717) is 5.82 Å². The van der Waals surface area contributed by atoms with Crippen LogP contribution in [0.2, 0.25) is 0 Å². The molecule has 27 heavy (non-hydrogen) atoms. The molecule has 5 nitrogen and oxygen atoms in total. The summed E-state index contributed by atoms with van der Waals surface area (Å²) < 4.78 is 7.15. The average Bonchev–Trinajstić information content (AvgIpc) is 3.05. The summed E-state index contributed by atoms with van der Waals surface area (Å²) in [7, 11) is 1.64. The number of methoxy groups -OCH3 is 1. The number of hydrogen-bond acceptors (Lipinski definition) is 4. The highest BCUT2D eigenvalue weighted by atomic mass is 16.5. The van der Waals surface area contributed by atoms with Crippen molar-refractivity contribution in [3.05, 3.63) is 78.0 Å². The lowest BCUT2D eigenvalue weighted by atomic mass is 10.0. The van der Waals surface area contributed by atoms with E-state index in [-0.39, 0.29) is 0 Å². The fourth-order valence-corrected chi connectivity index (χ4v) is 3.09. The zero-order chi connectivity index (χ0) is 18.8. The molecule has 4 aromatic rings. The zero-order valence-electron chi connectivity index (χ0n) is 15.5. The van der Waals surface area contributed by atoms with Crippen molar-refractivity contribution < 1.29 is 4.74 Å². The van der Waals surface area contributed by atoms with Crippen LogP contribution in [0.1, 0.15) is 11.1 Å². The van der Waals surface area contributed by atoms with Gasteiger partial charge in [0.25, 0.3) is 0 Å². The maximum absolute atomic E-state index is 5.19. The minimum absolute atomic E-state index is 0.716. The summed E-state index contributed by atoms with van der Waals surface area (Å²) in [6.45, 7) is 4.18. The largest absolute Gasteiger partial charge is 0.497 e. The van der Waals surface area contributed by atoms with Crippen LogP contribution in [0, 0.1) is 13.8 Å². The lowest BCUT2D eigenvalue weighted by Crippen LogP contribution is -1.86. The third-order valence-electron chi connectivity index (χ3n) is 4.47. The maximum atomic E-state index is 5.19. The number of imidazole rings is 1. The molecule has 134 valence electrons. The van der Waals surface area contributed by atoms with E-state index in [1.807, 2.05) is 53.1 Å². The molecule has 5 heteroatoms. The maximum Gasteiger partial charge on any atom is 0.187 e. The van der Waals surface area contributed by atoms with Crippen LogP contribution < -0.4 is 4.74 Å². The van der Waals surface area contributed by atoms with Crippen LogP contribution in [0.4, 0.5) is 11.5 Å². The van der Waals surface area contributed by atoms with Crippen LogP contribution in [-0.2, 0) is 0 Å². The minimum atomic E-state index is 0.716. The van der Waals surface area contributed by atoms with Crippen molar-refractivity contribution in [2.45, 2.75) is 13.8 Å². The van der Waals surface area contributed by atoms with Gasteiger partial charge in [-0.3, -0.25) is 4.40 Å². The minimum Gasteiger partial charge on any atom is -0.497 e. The molecule has 0 aliphatic carbocycles. The predicted octanol–water partition coefficient (Wildman–Crippen LogP) is 6.04. The van der Waals surface area contributed by atoms with E-state index in [9.17, 15) is 0 Å². The highest BCUT2D eigenvalue weighted by Crippen LogP contribution is 2.34. The first-order valence-corrected chi connectivity index (χ1v) is 8.76. The van der Waals surface area contributed by atoms with Crippen molar-refractivity contribution in [3.8, 4) is 17.0 Å². The Labute approximate surface area is 158 Å². The van der Waals surface area contributed by atoms with Crippen LogP contribution >= 0.6 is 0 Å². The normalized spacial score (nSPS) is 11.4. The SMILES string of the molecule is COc1ccc(N=Nc2c(-c3ccc(C)cc3C)nc3ccccn23)cc1. The summed E-state index contributed by atoms with van der Waals surface area (Å²) in [5, 5.41) is 8.96. The number of benzene rings is 2. The number of azo groups is 1. The first-order valence-electron chi connectivity index (χ1n) is 8.76. The van der Waals surface area contributed by atoms with Gasteiger partial charge in [-0.1, -0.05) is 29.8 Å². The quantitative estimate of drug-likeness (QED) is 0.418. The summed E-state index contributed by atoms with van der Waals surface area (Å²) in [5.41, 5.74) is 5.88. The van der Waals surface area contributed by atoms with Crippen molar-refractivity contribution in [2.75, 3.05) is 7.11 Å². The molecule has 0 aliphatic rings. The van der Waals surface area contributed by atoms with Gasteiger partial charge in [-0.25, -0.2) is 4.98 Å². The number of fused-ring (bicyclic) bond motifs is 1. The predicted molar refractivity (Wildman–Crippen MR) is 107 cm³/mol. The van der Waals surface area contributed by atoms with Crippen LogP contribution in [0.25, 0.3) is 16.9 Å². The van der Waals surface area contributed by atoms with Crippen molar-refractivity contribution in [1.82, 2.24) is 9.38 Å². The highest BCUT2D eigenvalue weighted by Gasteiger charge is 2.15. The number of hydrogen-bond donors (Lipinski definition) is 0. The van der Waals surface area contributed by atoms with E-state index < -0.39 is 0 Å². The van der Waals surface area contributed by atoms with E-state index >= 15 is 0 Å². The lowest BCUT2D eigenvalue weighted by molar-refractivity contribution is 0.415. The molecule has 0 bridgehead atoms. The molecule has 0 aliphatic heterocycles. The number of rotatable bonds is 4. The molecular formula is C22H20N4O. The first-order chi connectivity index (χ1) is 13.2. The molecule has 0 saturated heterocycles. The molecule has 0 N–H and O–H groups in total. The fourth-order valence-electron chi connectivity index (χ4n) is 3.09. The number of aryl methyl sites for hydroxylation is 2. The van der Waals surface area contributed by atoms with Crippen molar-refractivity contribution >= 4 is 17.2 Å². The molecule has 2 aromatic carbocycles. The van der Waals surface area contributed by atoms with Gasteiger partial charge in [0, 0.05) is 11.8 Å². The number of aromatic nitrogens is 2. The Balaban J connectivity index is 1.84. The lowest BCUT2D eigenvalue weighted by Gasteiger charge is -2.05. The summed E-state index contributed by atoms with van der Waals surface area (Å²) in [6.07, 6.45) is 1.96. The topological polar surface area (TPSA) is 51.2 Å². The van der Waals surface area contributed by atoms with Crippen LogP contribution in [0.15, 0.2) is 77.1 Å². The Morgan fingerprint density at radius 3 is 2.48 bits per heavy atom. The molecule has 0 saturated carbocycles. The van der Waals surface area contributed by atoms with Crippen LogP contribution in [-0.4, -0.2) is 16.5 Å². The van der Waals surface area contributed by atoms with Gasteiger partial charge in [0.2, 0.25) is 0 Å². The van der Waals surface area contributed by atoms with Crippen molar-refractivity contribution in [1.29, 1.82) is 0 Å². The van der Waals surface area contributed by atoms with E-state index in [2.05, 4.69) is 42.3 Å². The molecule has 0 unspecified atom stereocenters. The fraction of sp³-hybridized carbons (Fsp3) is 0.136. The van der Waals surface area contributed by atoms with E-state index in [1.165, 1.54) is 11.1 Å². The second-order valence-corrected chi connectivity index (χ2v) is 6.43. The van der Waals surface area contributed by atoms with Gasteiger partial charge in [-0.2, -0.15) is 0 Å². The number of pyridine rings is 1. The van der Waals surface area contributed by atoms with E-state index in [1.54, 1.807) is 7.11 Å². The second-order valence-electron chi connectivity index (χ2n) is 6.43. The zero-order valence-corrected chi connectivity index (χ0v) is 15.5. The summed E-state index contributed by atoms with van der Waals surface area (Å²) in [6, 6.07) is 19.7. The van der Waals surface area contributed by atoms with Crippen LogP contribution in [0.3, 0.4) is 0 Å². The molecule has 0 fully saturated rings. The smallest absolute Gasteiger partial charge is 0.187 e. The Morgan fingerprint density at radius 2 is 1.74 bits per heavy atom. The van der Waals surface area contributed by atoms with E-state index in [0.717, 1.165) is 28.3 Å². The number of ether oxygens (including phenoxy) is 1. The standard InChI is InChI=1S/C22H20N4O/c1-15-7-12-19(16(2)14-15)21-22(26-13-5-4-6-20(26)23-21)25-24-17-8-10-18(27-3)11-9-17/h4-14H,1-3H3. The first kappa shape index (κ1) is 17.0. The Kier molecular flexibility index (Phi) is 4.42. The van der Waals surface area contributed by atoms with Gasteiger partial charge in [-0.15, -0.1) is 10.2 Å². The van der Waals surface area contributed by atoms with Gasteiger partial charge < -0.3 is 4.74 Å². The third kappa shape index (κ3) is 3.31. The number of nitrogens with zero attached hydrogens (tertiary/aromatic N) is 4. The van der Waals surface area contributed by atoms with Gasteiger partial charge >= 0.3 is 0 Å². The summed E-state index contributed by atoms with van der Waals surface area (Å²) in [5.74, 6) is 1.51. The molecule has 0 amide bonds. The van der Waals surface area contributed by atoms with Gasteiger partial charge in [0.05, 0.1) is 12.8 Å². The Bertz CT molecular complexity index is 1130. The molecule has 2 heterocycles. The molecule has 0 radical (unpaired) electrons. The van der Waals surface area contributed by atoms with Crippen molar-refractivity contribution in [3.63, 3.8) is 0 Å². The molecule has 0 spiro atoms.